The van der Waals surface area contributed by atoms with Gasteiger partial charge in [-0.2, -0.15) is 8.78 Å². The summed E-state index contributed by atoms with van der Waals surface area (Å²) in [4.78, 5) is 38.1. The SMILES string of the molecule is C[C@H](NC(=O)CN1CC2(COC2)C1)C(=O)N[C@H](C(=O)O)[C@H](O)c1ccc(OC(F)F)cc1. The van der Waals surface area contributed by atoms with E-state index in [2.05, 4.69) is 15.4 Å². The highest BCUT2D eigenvalue weighted by atomic mass is 19.3. The molecule has 1 spiro atoms. The first-order valence-corrected chi connectivity index (χ1v) is 9.94. The summed E-state index contributed by atoms with van der Waals surface area (Å²) in [5.74, 6) is -2.85. The van der Waals surface area contributed by atoms with Gasteiger partial charge in [0.1, 0.15) is 17.9 Å². The van der Waals surface area contributed by atoms with Crippen LogP contribution in [0.3, 0.4) is 0 Å². The first-order valence-electron chi connectivity index (χ1n) is 9.94. The van der Waals surface area contributed by atoms with Gasteiger partial charge in [0.25, 0.3) is 0 Å². The highest BCUT2D eigenvalue weighted by molar-refractivity contribution is 5.90. The summed E-state index contributed by atoms with van der Waals surface area (Å²) < 4.78 is 33.8. The van der Waals surface area contributed by atoms with Crippen LogP contribution in [-0.2, 0) is 19.1 Å². The first kappa shape index (κ1) is 23.8. The van der Waals surface area contributed by atoms with Crippen LogP contribution in [0, 0.1) is 5.41 Å². The first-order chi connectivity index (χ1) is 15.1. The van der Waals surface area contributed by atoms with Gasteiger partial charge in [-0.25, -0.2) is 4.79 Å². The van der Waals surface area contributed by atoms with Crippen LogP contribution in [0.15, 0.2) is 24.3 Å². The number of ether oxygens (including phenoxy) is 2. The minimum absolute atomic E-state index is 0.0719. The number of amides is 2. The molecule has 2 aliphatic heterocycles. The molecule has 0 aliphatic carbocycles. The number of benzene rings is 1. The van der Waals surface area contributed by atoms with Crippen LogP contribution < -0.4 is 15.4 Å². The molecule has 1 aromatic carbocycles. The van der Waals surface area contributed by atoms with E-state index in [0.717, 1.165) is 25.2 Å². The zero-order valence-electron chi connectivity index (χ0n) is 17.3. The second-order valence-corrected chi connectivity index (χ2v) is 8.14. The van der Waals surface area contributed by atoms with Crippen molar-refractivity contribution in [2.45, 2.75) is 31.7 Å². The summed E-state index contributed by atoms with van der Waals surface area (Å²) in [6.45, 7) is 1.34. The predicted molar refractivity (Wildman–Crippen MR) is 105 cm³/mol. The van der Waals surface area contributed by atoms with Gasteiger partial charge >= 0.3 is 12.6 Å². The van der Waals surface area contributed by atoms with E-state index in [1.165, 1.54) is 19.1 Å². The molecule has 2 amide bonds. The van der Waals surface area contributed by atoms with E-state index in [4.69, 9.17) is 4.74 Å². The maximum atomic E-state index is 12.4. The third-order valence-electron chi connectivity index (χ3n) is 5.40. The van der Waals surface area contributed by atoms with Crippen LogP contribution in [0.1, 0.15) is 18.6 Å². The van der Waals surface area contributed by atoms with Crippen molar-refractivity contribution in [2.75, 3.05) is 32.8 Å². The van der Waals surface area contributed by atoms with Crippen LogP contribution in [-0.4, -0.2) is 84.4 Å². The van der Waals surface area contributed by atoms with E-state index in [1.807, 2.05) is 4.90 Å². The van der Waals surface area contributed by atoms with Gasteiger partial charge < -0.3 is 30.3 Å². The number of carbonyl (C=O) groups excluding carboxylic acids is 2. The number of halogens is 2. The van der Waals surface area contributed by atoms with Gasteiger partial charge in [-0.1, -0.05) is 12.1 Å². The number of carbonyl (C=O) groups is 3. The summed E-state index contributed by atoms with van der Waals surface area (Å²) in [5.41, 5.74) is 0.223. The van der Waals surface area contributed by atoms with E-state index in [1.54, 1.807) is 0 Å². The van der Waals surface area contributed by atoms with Crippen molar-refractivity contribution < 1.29 is 42.9 Å². The Morgan fingerprint density at radius 2 is 1.81 bits per heavy atom. The fourth-order valence-corrected chi connectivity index (χ4v) is 3.74. The van der Waals surface area contributed by atoms with Gasteiger partial charge in [0.05, 0.1) is 19.8 Å². The predicted octanol–water partition coefficient (Wildman–Crippen LogP) is -0.272. The number of rotatable bonds is 10. The number of aliphatic hydroxyl groups is 1. The van der Waals surface area contributed by atoms with Crippen LogP contribution in [0.5, 0.6) is 5.75 Å². The number of nitrogens with one attached hydrogen (secondary N) is 2. The normalized spacial score (nSPS) is 19.9. The number of nitrogens with zero attached hydrogens (tertiary/aromatic N) is 1. The lowest BCUT2D eigenvalue weighted by Gasteiger charge is -2.54. The summed E-state index contributed by atoms with van der Waals surface area (Å²) in [7, 11) is 0. The molecule has 10 nitrogen and oxygen atoms in total. The van der Waals surface area contributed by atoms with E-state index >= 15 is 0 Å². The van der Waals surface area contributed by atoms with E-state index in [-0.39, 0.29) is 29.2 Å². The Kier molecular flexibility index (Phi) is 7.26. The van der Waals surface area contributed by atoms with Crippen molar-refractivity contribution in [2.24, 2.45) is 5.41 Å². The van der Waals surface area contributed by atoms with Crippen molar-refractivity contribution in [1.82, 2.24) is 15.5 Å². The molecule has 0 unspecified atom stereocenters. The van der Waals surface area contributed by atoms with Gasteiger partial charge in [0.2, 0.25) is 11.8 Å². The number of carboxylic acid groups (broad SMARTS) is 1. The molecule has 2 heterocycles. The van der Waals surface area contributed by atoms with Crippen molar-refractivity contribution in [1.29, 1.82) is 0 Å². The Morgan fingerprint density at radius 1 is 1.19 bits per heavy atom. The van der Waals surface area contributed by atoms with Gasteiger partial charge in [-0.05, 0) is 24.6 Å². The molecule has 0 radical (unpaired) electrons. The van der Waals surface area contributed by atoms with Crippen molar-refractivity contribution in [3.8, 4) is 5.75 Å². The highest BCUT2D eigenvalue weighted by Crippen LogP contribution is 2.37. The van der Waals surface area contributed by atoms with Crippen LogP contribution >= 0.6 is 0 Å². The van der Waals surface area contributed by atoms with Gasteiger partial charge in [0, 0.05) is 18.5 Å². The largest absolute Gasteiger partial charge is 0.480 e. The molecule has 0 aromatic heterocycles. The minimum atomic E-state index is -3.03. The zero-order chi connectivity index (χ0) is 23.5. The molecule has 2 fully saturated rings. The lowest BCUT2D eigenvalue weighted by molar-refractivity contribution is -0.189. The minimum Gasteiger partial charge on any atom is -0.480 e. The Bertz CT molecular complexity index is 840. The maximum Gasteiger partial charge on any atom is 0.387 e. The number of hydrogen-bond donors (Lipinski definition) is 4. The number of aliphatic hydroxyl groups excluding tert-OH is 1. The number of aliphatic carboxylic acids is 1. The van der Waals surface area contributed by atoms with Gasteiger partial charge in [-0.15, -0.1) is 0 Å². The van der Waals surface area contributed by atoms with Crippen molar-refractivity contribution in [3.63, 3.8) is 0 Å². The Morgan fingerprint density at radius 3 is 2.31 bits per heavy atom. The average molecular weight is 457 g/mol. The molecule has 32 heavy (non-hydrogen) atoms. The molecule has 4 N–H and O–H groups in total. The molecule has 3 rings (SSSR count). The second kappa shape index (κ2) is 9.76. The van der Waals surface area contributed by atoms with E-state index in [9.17, 15) is 33.4 Å². The second-order valence-electron chi connectivity index (χ2n) is 8.14. The fraction of sp³-hybridized carbons (Fsp3) is 0.550. The average Bonchev–Trinajstić information content (AvgIpc) is 2.66. The molecule has 3 atom stereocenters. The number of alkyl halides is 2. The van der Waals surface area contributed by atoms with Gasteiger partial charge in [-0.3, -0.25) is 14.5 Å². The Balaban J connectivity index is 1.50. The number of carboxylic acids is 1. The Labute approximate surface area is 182 Å². The van der Waals surface area contributed by atoms with Crippen LogP contribution in [0.4, 0.5) is 8.78 Å². The molecule has 2 aliphatic rings. The highest BCUT2D eigenvalue weighted by Gasteiger charge is 2.49. The quantitative estimate of drug-likeness (QED) is 0.377. The summed E-state index contributed by atoms with van der Waals surface area (Å²) in [5, 5.41) is 24.5. The molecule has 2 saturated heterocycles. The maximum absolute atomic E-state index is 12.4. The third-order valence-corrected chi connectivity index (χ3v) is 5.40. The number of likely N-dealkylation sites (tertiary alicyclic amines) is 1. The van der Waals surface area contributed by atoms with Crippen LogP contribution in [0.2, 0.25) is 0 Å². The molecular weight excluding hydrogens is 432 g/mol. The standard InChI is InChI=1S/C20H25F2N3O7/c1-11(23-14(26)6-25-7-20(8-25)9-31-10-20)17(28)24-15(18(29)30)16(27)12-2-4-13(5-3-12)32-19(21)22/h2-5,11,15-16,19,27H,6-10H2,1H3,(H,23,26)(H,24,28)(H,29,30)/t11-,15-,16+/m0/s1. The summed E-state index contributed by atoms with van der Waals surface area (Å²) in [6.07, 6.45) is -1.66. The fourth-order valence-electron chi connectivity index (χ4n) is 3.74. The Hall–Kier alpha value is -2.83. The molecule has 0 saturated carbocycles. The molecule has 12 heteroatoms. The molecular formula is C20H25F2N3O7. The molecule has 0 bridgehead atoms. The van der Waals surface area contributed by atoms with E-state index < -0.39 is 36.7 Å². The monoisotopic (exact) mass is 457 g/mol. The zero-order valence-corrected chi connectivity index (χ0v) is 17.3. The van der Waals surface area contributed by atoms with Gasteiger partial charge in [0.15, 0.2) is 6.04 Å². The third kappa shape index (κ3) is 5.69. The lowest BCUT2D eigenvalue weighted by Crippen LogP contribution is -2.67. The summed E-state index contributed by atoms with van der Waals surface area (Å²) >= 11 is 0. The smallest absolute Gasteiger partial charge is 0.387 e. The molecule has 176 valence electrons. The van der Waals surface area contributed by atoms with Crippen molar-refractivity contribution >= 4 is 17.8 Å². The summed E-state index contributed by atoms with van der Waals surface area (Å²) in [6, 6.07) is 1.94. The van der Waals surface area contributed by atoms with Crippen LogP contribution in [0.25, 0.3) is 0 Å². The number of hydrogen-bond acceptors (Lipinski definition) is 7. The molecule has 1 aromatic rings. The topological polar surface area (TPSA) is 137 Å². The van der Waals surface area contributed by atoms with Crippen molar-refractivity contribution in [3.05, 3.63) is 29.8 Å². The lowest BCUT2D eigenvalue weighted by atomic mass is 9.78. The van der Waals surface area contributed by atoms with E-state index in [0.29, 0.717) is 13.2 Å².